The summed E-state index contributed by atoms with van der Waals surface area (Å²) in [4.78, 5) is 0. The fourth-order valence-corrected chi connectivity index (χ4v) is 2.18. The average Bonchev–Trinajstić information content (AvgIpc) is 2.92. The number of aromatic nitrogens is 1. The predicted octanol–water partition coefficient (Wildman–Crippen LogP) is 4.55. The summed E-state index contributed by atoms with van der Waals surface area (Å²) in [6.07, 6.45) is 5.50. The lowest BCUT2D eigenvalue weighted by Gasteiger charge is -2.14. The van der Waals surface area contributed by atoms with Gasteiger partial charge in [0.2, 0.25) is 0 Å². The quantitative estimate of drug-likeness (QED) is 0.770. The number of anilines is 1. The molecule has 114 valence electrons. The number of hydrogen-bond donors (Lipinski definition) is 1. The number of ether oxygens (including phenoxy) is 1. The number of nitrogens with zero attached hydrogens (tertiary/aromatic N) is 1. The fourth-order valence-electron chi connectivity index (χ4n) is 2.18. The van der Waals surface area contributed by atoms with Crippen molar-refractivity contribution >= 4 is 5.69 Å². The van der Waals surface area contributed by atoms with E-state index in [2.05, 4.69) is 55.2 Å². The van der Waals surface area contributed by atoms with Crippen molar-refractivity contribution in [2.75, 3.05) is 11.9 Å². The van der Waals surface area contributed by atoms with Crippen LogP contribution in [0.3, 0.4) is 0 Å². The van der Waals surface area contributed by atoms with E-state index >= 15 is 0 Å². The van der Waals surface area contributed by atoms with Crippen LogP contribution in [-0.2, 0) is 13.1 Å². The van der Waals surface area contributed by atoms with Crippen LogP contribution in [0.2, 0.25) is 0 Å². The van der Waals surface area contributed by atoms with Crippen molar-refractivity contribution in [1.82, 2.24) is 4.57 Å². The first-order valence-corrected chi connectivity index (χ1v) is 7.79. The van der Waals surface area contributed by atoms with E-state index in [0.717, 1.165) is 37.6 Å². The van der Waals surface area contributed by atoms with Gasteiger partial charge < -0.3 is 14.6 Å². The van der Waals surface area contributed by atoms with Gasteiger partial charge in [-0.2, -0.15) is 0 Å². The molecule has 0 fully saturated rings. The number of hydrogen-bond acceptors (Lipinski definition) is 2. The number of nitrogens with one attached hydrogen (secondary N) is 1. The second-order valence-electron chi connectivity index (χ2n) is 5.81. The van der Waals surface area contributed by atoms with E-state index < -0.39 is 0 Å². The van der Waals surface area contributed by atoms with Gasteiger partial charge in [-0.05, 0) is 36.1 Å². The van der Waals surface area contributed by atoms with Crippen LogP contribution >= 0.6 is 0 Å². The zero-order valence-electron chi connectivity index (χ0n) is 13.3. The van der Waals surface area contributed by atoms with Crippen LogP contribution < -0.4 is 10.1 Å². The molecule has 1 heterocycles. The molecule has 0 spiro atoms. The van der Waals surface area contributed by atoms with Crippen LogP contribution in [-0.4, -0.2) is 11.2 Å². The minimum Gasteiger partial charge on any atom is -0.491 e. The van der Waals surface area contributed by atoms with Gasteiger partial charge >= 0.3 is 0 Å². The topological polar surface area (TPSA) is 26.2 Å². The summed E-state index contributed by atoms with van der Waals surface area (Å²) in [5, 5.41) is 3.47. The maximum Gasteiger partial charge on any atom is 0.142 e. The summed E-state index contributed by atoms with van der Waals surface area (Å²) in [7, 11) is 0. The molecule has 21 heavy (non-hydrogen) atoms. The highest BCUT2D eigenvalue weighted by atomic mass is 16.5. The van der Waals surface area contributed by atoms with Gasteiger partial charge in [-0.25, -0.2) is 0 Å². The molecule has 0 amide bonds. The van der Waals surface area contributed by atoms with Gasteiger partial charge in [0.1, 0.15) is 5.75 Å². The molecule has 0 aliphatic rings. The monoisotopic (exact) mass is 286 g/mol. The third-order valence-corrected chi connectivity index (χ3v) is 3.24. The minimum atomic E-state index is 0.529. The molecule has 1 aromatic carbocycles. The van der Waals surface area contributed by atoms with Gasteiger partial charge in [-0.15, -0.1) is 0 Å². The second kappa shape index (κ2) is 7.77. The second-order valence-corrected chi connectivity index (χ2v) is 5.81. The van der Waals surface area contributed by atoms with Crippen LogP contribution in [0, 0.1) is 5.92 Å². The summed E-state index contributed by atoms with van der Waals surface area (Å²) < 4.78 is 8.10. The molecule has 0 radical (unpaired) electrons. The average molecular weight is 286 g/mol. The van der Waals surface area contributed by atoms with E-state index in [9.17, 15) is 0 Å². The fraction of sp³-hybridized carbons (Fsp3) is 0.444. The molecule has 0 bridgehead atoms. The highest BCUT2D eigenvalue weighted by Gasteiger charge is 2.04. The Morgan fingerprint density at radius 3 is 2.76 bits per heavy atom. The van der Waals surface area contributed by atoms with E-state index in [1.54, 1.807) is 0 Å². The smallest absolute Gasteiger partial charge is 0.142 e. The summed E-state index contributed by atoms with van der Waals surface area (Å²) in [5.41, 5.74) is 2.35. The van der Waals surface area contributed by atoms with Crippen LogP contribution in [0.15, 0.2) is 42.7 Å². The summed E-state index contributed by atoms with van der Waals surface area (Å²) in [6, 6.07) is 10.3. The Hall–Kier alpha value is -1.90. The van der Waals surface area contributed by atoms with Crippen LogP contribution in [0.25, 0.3) is 0 Å². The molecule has 3 heteroatoms. The third-order valence-electron chi connectivity index (χ3n) is 3.24. The lowest BCUT2D eigenvalue weighted by atomic mass is 10.2. The van der Waals surface area contributed by atoms with Crippen molar-refractivity contribution in [3.8, 4) is 5.75 Å². The molecule has 2 aromatic rings. The van der Waals surface area contributed by atoms with Crippen molar-refractivity contribution in [1.29, 1.82) is 0 Å². The van der Waals surface area contributed by atoms with Crippen molar-refractivity contribution in [3.05, 3.63) is 48.3 Å². The lowest BCUT2D eigenvalue weighted by Crippen LogP contribution is -2.07. The van der Waals surface area contributed by atoms with Crippen LogP contribution in [0.5, 0.6) is 5.75 Å². The Kier molecular flexibility index (Phi) is 5.73. The highest BCUT2D eigenvalue weighted by Crippen LogP contribution is 2.24. The maximum atomic E-state index is 5.86. The largest absolute Gasteiger partial charge is 0.491 e. The SMILES string of the molecule is CCCn1ccc(CNc2ccccc2OCC(C)C)c1. The highest BCUT2D eigenvalue weighted by molar-refractivity contribution is 5.56. The van der Waals surface area contributed by atoms with E-state index in [-0.39, 0.29) is 0 Å². The Bertz CT molecular complexity index is 546. The van der Waals surface area contributed by atoms with E-state index in [1.807, 2.05) is 18.2 Å². The molecule has 2 rings (SSSR count). The normalized spacial score (nSPS) is 10.9. The molecule has 0 atom stereocenters. The molecular formula is C18H26N2O. The number of aryl methyl sites for hydroxylation is 1. The van der Waals surface area contributed by atoms with E-state index in [1.165, 1.54) is 5.56 Å². The summed E-state index contributed by atoms with van der Waals surface area (Å²) in [5.74, 6) is 1.46. The molecule has 3 nitrogen and oxygen atoms in total. The summed E-state index contributed by atoms with van der Waals surface area (Å²) >= 11 is 0. The first-order chi connectivity index (χ1) is 10.2. The van der Waals surface area contributed by atoms with Gasteiger partial charge in [-0.3, -0.25) is 0 Å². The van der Waals surface area contributed by atoms with Crippen molar-refractivity contribution in [3.63, 3.8) is 0 Å². The molecule has 0 saturated heterocycles. The molecule has 1 N–H and O–H groups in total. The van der Waals surface area contributed by atoms with Gasteiger partial charge in [0.05, 0.1) is 12.3 Å². The van der Waals surface area contributed by atoms with Gasteiger partial charge in [0.15, 0.2) is 0 Å². The first kappa shape index (κ1) is 15.5. The zero-order valence-corrected chi connectivity index (χ0v) is 13.3. The molecule has 0 aliphatic heterocycles. The number of rotatable bonds is 8. The van der Waals surface area contributed by atoms with Crippen molar-refractivity contribution < 1.29 is 4.74 Å². The first-order valence-electron chi connectivity index (χ1n) is 7.79. The number of para-hydroxylation sites is 2. The number of benzene rings is 1. The van der Waals surface area contributed by atoms with E-state index in [0.29, 0.717) is 5.92 Å². The summed E-state index contributed by atoms with van der Waals surface area (Å²) in [6.45, 7) is 9.15. The Balaban J connectivity index is 1.95. The van der Waals surface area contributed by atoms with Crippen molar-refractivity contribution in [2.24, 2.45) is 5.92 Å². The van der Waals surface area contributed by atoms with Gasteiger partial charge in [0.25, 0.3) is 0 Å². The van der Waals surface area contributed by atoms with Crippen LogP contribution in [0.4, 0.5) is 5.69 Å². The zero-order chi connectivity index (χ0) is 15.1. The Labute approximate surface area is 127 Å². The molecule has 0 saturated carbocycles. The third kappa shape index (κ3) is 4.85. The van der Waals surface area contributed by atoms with Gasteiger partial charge in [0, 0.05) is 25.5 Å². The van der Waals surface area contributed by atoms with Crippen LogP contribution in [0.1, 0.15) is 32.8 Å². The maximum absolute atomic E-state index is 5.86. The Morgan fingerprint density at radius 2 is 2.00 bits per heavy atom. The van der Waals surface area contributed by atoms with Gasteiger partial charge in [-0.1, -0.05) is 32.9 Å². The molecule has 1 aromatic heterocycles. The minimum absolute atomic E-state index is 0.529. The Morgan fingerprint density at radius 1 is 1.19 bits per heavy atom. The molecule has 0 unspecified atom stereocenters. The standard InChI is InChI=1S/C18H26N2O/c1-4-10-20-11-9-16(13-20)12-19-17-7-5-6-8-18(17)21-14-15(2)3/h5-9,11,13,15,19H,4,10,12,14H2,1-3H3. The molecular weight excluding hydrogens is 260 g/mol. The molecule has 0 aliphatic carbocycles. The predicted molar refractivity (Wildman–Crippen MR) is 88.8 cm³/mol. The van der Waals surface area contributed by atoms with E-state index in [4.69, 9.17) is 4.74 Å². The lowest BCUT2D eigenvalue weighted by molar-refractivity contribution is 0.272. The van der Waals surface area contributed by atoms with Crippen molar-refractivity contribution in [2.45, 2.75) is 40.3 Å².